The van der Waals surface area contributed by atoms with Gasteiger partial charge in [0, 0.05) is 5.75 Å². The van der Waals surface area contributed by atoms with E-state index in [2.05, 4.69) is 5.32 Å². The molecule has 1 aromatic carbocycles. The lowest BCUT2D eigenvalue weighted by Gasteiger charge is -2.07. The maximum absolute atomic E-state index is 11.8. The number of hydrogen-bond donors (Lipinski definition) is 2. The van der Waals surface area contributed by atoms with Crippen molar-refractivity contribution in [1.29, 1.82) is 0 Å². The van der Waals surface area contributed by atoms with Gasteiger partial charge in [0.15, 0.2) is 0 Å². The molecule has 2 N–H and O–H groups in total. The van der Waals surface area contributed by atoms with Crippen LogP contribution in [0.15, 0.2) is 24.3 Å². The van der Waals surface area contributed by atoms with Crippen molar-refractivity contribution in [3.05, 3.63) is 34.9 Å². The third kappa shape index (κ3) is 5.22. The van der Waals surface area contributed by atoms with Crippen molar-refractivity contribution >= 4 is 41.1 Å². The number of carbonyl (C=O) groups is 3. The van der Waals surface area contributed by atoms with Gasteiger partial charge in [0.25, 0.3) is 5.91 Å². The molecule has 0 aliphatic heterocycles. The van der Waals surface area contributed by atoms with Crippen molar-refractivity contribution in [2.75, 3.05) is 11.5 Å². The van der Waals surface area contributed by atoms with E-state index in [9.17, 15) is 14.4 Å². The summed E-state index contributed by atoms with van der Waals surface area (Å²) >= 11 is 7.00. The van der Waals surface area contributed by atoms with E-state index >= 15 is 0 Å². The summed E-state index contributed by atoms with van der Waals surface area (Å²) in [6.45, 7) is 1.56. The molecular weight excluding hydrogens is 302 g/mol. The van der Waals surface area contributed by atoms with E-state index in [1.807, 2.05) is 0 Å². The van der Waals surface area contributed by atoms with Crippen molar-refractivity contribution in [1.82, 2.24) is 5.32 Å². The molecule has 0 aromatic heterocycles. The highest BCUT2D eigenvalue weighted by atomic mass is 35.5. The van der Waals surface area contributed by atoms with Crippen molar-refractivity contribution in [2.45, 2.75) is 6.92 Å². The molecule has 0 radical (unpaired) electrons. The van der Waals surface area contributed by atoms with Gasteiger partial charge in [0.2, 0.25) is 5.91 Å². The Bertz CT molecular complexity index is 521. The molecule has 0 aliphatic rings. The molecule has 2 amide bonds. The Morgan fingerprint density at radius 3 is 2.60 bits per heavy atom. The molecule has 5 nitrogen and oxygen atoms in total. The van der Waals surface area contributed by atoms with Crippen LogP contribution in [0.4, 0.5) is 0 Å². The first-order valence-electron chi connectivity index (χ1n) is 5.81. The molecule has 0 saturated carbocycles. The molecule has 0 saturated heterocycles. The highest BCUT2D eigenvalue weighted by molar-refractivity contribution is 7.99. The van der Waals surface area contributed by atoms with Crippen LogP contribution in [0.25, 0.3) is 0 Å². The fourth-order valence-corrected chi connectivity index (χ4v) is 2.37. The van der Waals surface area contributed by atoms with Gasteiger partial charge in [-0.3, -0.25) is 19.7 Å². The number of thioether (sulfide) groups is 1. The van der Waals surface area contributed by atoms with E-state index in [1.54, 1.807) is 25.1 Å². The molecule has 1 aromatic rings. The van der Waals surface area contributed by atoms with Gasteiger partial charge in [-0.05, 0) is 12.1 Å². The standard InChI is InChI=1S/C13H14ClNO4S/c1-8(13(18)19)6-20-7-11(16)15-12(17)9-4-2-3-5-10(9)14/h2-5,8H,6-7H2,1H3,(H,18,19)(H,15,16,17). The van der Waals surface area contributed by atoms with Crippen LogP contribution < -0.4 is 5.32 Å². The Morgan fingerprint density at radius 1 is 1.35 bits per heavy atom. The Labute approximate surface area is 125 Å². The van der Waals surface area contributed by atoms with Crippen LogP contribution in [0.3, 0.4) is 0 Å². The van der Waals surface area contributed by atoms with Crippen LogP contribution in [0.1, 0.15) is 17.3 Å². The summed E-state index contributed by atoms with van der Waals surface area (Å²) in [5.41, 5.74) is 0.228. The molecule has 1 atom stereocenters. The van der Waals surface area contributed by atoms with Gasteiger partial charge in [0.05, 0.1) is 22.3 Å². The predicted molar refractivity (Wildman–Crippen MR) is 78.1 cm³/mol. The van der Waals surface area contributed by atoms with E-state index in [4.69, 9.17) is 16.7 Å². The number of halogens is 1. The Hall–Kier alpha value is -1.53. The van der Waals surface area contributed by atoms with Gasteiger partial charge in [-0.2, -0.15) is 11.8 Å². The van der Waals surface area contributed by atoms with Gasteiger partial charge in [0.1, 0.15) is 0 Å². The number of carbonyl (C=O) groups excluding carboxylic acids is 2. The zero-order valence-corrected chi connectivity index (χ0v) is 12.3. The van der Waals surface area contributed by atoms with Gasteiger partial charge in [-0.1, -0.05) is 30.7 Å². The molecule has 0 fully saturated rings. The normalized spacial score (nSPS) is 11.7. The molecule has 108 valence electrons. The molecule has 1 rings (SSSR count). The van der Waals surface area contributed by atoms with E-state index in [0.717, 1.165) is 11.8 Å². The van der Waals surface area contributed by atoms with E-state index < -0.39 is 23.7 Å². The van der Waals surface area contributed by atoms with Crippen molar-refractivity contribution in [3.63, 3.8) is 0 Å². The van der Waals surface area contributed by atoms with Gasteiger partial charge < -0.3 is 5.11 Å². The monoisotopic (exact) mass is 315 g/mol. The van der Waals surface area contributed by atoms with E-state index in [-0.39, 0.29) is 16.3 Å². The molecule has 0 heterocycles. The van der Waals surface area contributed by atoms with Crippen LogP contribution in [-0.2, 0) is 9.59 Å². The second kappa shape index (κ2) is 7.91. The lowest BCUT2D eigenvalue weighted by molar-refractivity contribution is -0.140. The summed E-state index contributed by atoms with van der Waals surface area (Å²) in [4.78, 5) is 33.9. The predicted octanol–water partition coefficient (Wildman–Crippen LogP) is 2.05. The number of carboxylic acid groups (broad SMARTS) is 1. The summed E-state index contributed by atoms with van der Waals surface area (Å²) in [6, 6.07) is 6.41. The highest BCUT2D eigenvalue weighted by Gasteiger charge is 2.15. The van der Waals surface area contributed by atoms with Gasteiger partial charge in [-0.25, -0.2) is 0 Å². The number of carboxylic acids is 1. The first-order valence-corrected chi connectivity index (χ1v) is 7.34. The van der Waals surface area contributed by atoms with Crippen LogP contribution in [0.5, 0.6) is 0 Å². The van der Waals surface area contributed by atoms with Gasteiger partial charge in [-0.15, -0.1) is 0 Å². The zero-order chi connectivity index (χ0) is 15.1. The number of imide groups is 1. The molecular formula is C13H14ClNO4S. The number of nitrogens with one attached hydrogen (secondary N) is 1. The van der Waals surface area contributed by atoms with E-state index in [1.165, 1.54) is 6.07 Å². The lowest BCUT2D eigenvalue weighted by atomic mass is 10.2. The van der Waals surface area contributed by atoms with E-state index in [0.29, 0.717) is 5.75 Å². The molecule has 20 heavy (non-hydrogen) atoms. The molecule has 7 heteroatoms. The topological polar surface area (TPSA) is 83.5 Å². The highest BCUT2D eigenvalue weighted by Crippen LogP contribution is 2.14. The Kier molecular flexibility index (Phi) is 6.54. The maximum Gasteiger partial charge on any atom is 0.307 e. The second-order valence-corrected chi connectivity index (χ2v) is 5.55. The third-order valence-electron chi connectivity index (χ3n) is 2.39. The average Bonchev–Trinajstić information content (AvgIpc) is 2.38. The average molecular weight is 316 g/mol. The quantitative estimate of drug-likeness (QED) is 0.839. The number of amides is 2. The molecule has 0 bridgehead atoms. The third-order valence-corrected chi connectivity index (χ3v) is 3.93. The SMILES string of the molecule is CC(CSCC(=O)NC(=O)c1ccccc1Cl)C(=O)O. The summed E-state index contributed by atoms with van der Waals surface area (Å²) in [5.74, 6) is -2.15. The molecule has 0 spiro atoms. The smallest absolute Gasteiger partial charge is 0.307 e. The first-order chi connectivity index (χ1) is 9.41. The number of benzene rings is 1. The lowest BCUT2D eigenvalue weighted by Crippen LogP contribution is -2.32. The number of rotatable bonds is 6. The van der Waals surface area contributed by atoms with Crippen molar-refractivity contribution in [3.8, 4) is 0 Å². The fraction of sp³-hybridized carbons (Fsp3) is 0.308. The Morgan fingerprint density at radius 2 is 2.00 bits per heavy atom. The summed E-state index contributed by atoms with van der Waals surface area (Å²) < 4.78 is 0. The van der Waals surface area contributed by atoms with Crippen LogP contribution in [0.2, 0.25) is 5.02 Å². The van der Waals surface area contributed by atoms with Crippen molar-refractivity contribution in [2.24, 2.45) is 5.92 Å². The minimum absolute atomic E-state index is 0.0216. The summed E-state index contributed by atoms with van der Waals surface area (Å²) in [5, 5.41) is 11.2. The van der Waals surface area contributed by atoms with Crippen molar-refractivity contribution < 1.29 is 19.5 Å². The minimum atomic E-state index is -0.912. The second-order valence-electron chi connectivity index (χ2n) is 4.11. The summed E-state index contributed by atoms with van der Waals surface area (Å²) in [7, 11) is 0. The van der Waals surface area contributed by atoms with Crippen LogP contribution in [0, 0.1) is 5.92 Å². The van der Waals surface area contributed by atoms with Crippen LogP contribution in [-0.4, -0.2) is 34.4 Å². The maximum atomic E-state index is 11.8. The van der Waals surface area contributed by atoms with Crippen LogP contribution >= 0.6 is 23.4 Å². The first kappa shape index (κ1) is 16.5. The van der Waals surface area contributed by atoms with Gasteiger partial charge >= 0.3 is 5.97 Å². The number of aliphatic carboxylic acids is 1. The fourth-order valence-electron chi connectivity index (χ4n) is 1.28. The largest absolute Gasteiger partial charge is 0.481 e. The number of hydrogen-bond acceptors (Lipinski definition) is 4. The Balaban J connectivity index is 2.41. The zero-order valence-electron chi connectivity index (χ0n) is 10.8. The molecule has 0 aliphatic carbocycles. The minimum Gasteiger partial charge on any atom is -0.481 e. The summed E-state index contributed by atoms with van der Waals surface area (Å²) in [6.07, 6.45) is 0. The molecule has 1 unspecified atom stereocenters.